The summed E-state index contributed by atoms with van der Waals surface area (Å²) >= 11 is 3.36. The number of nitrogens with one attached hydrogen (secondary N) is 1. The number of fused-ring (bicyclic) bond motifs is 1. The number of hydrogen-bond donors (Lipinski definition) is 2. The molecule has 0 radical (unpaired) electrons. The van der Waals surface area contributed by atoms with Gasteiger partial charge in [-0.3, -0.25) is 10.1 Å². The lowest BCUT2D eigenvalue weighted by Gasteiger charge is -2.08. The summed E-state index contributed by atoms with van der Waals surface area (Å²) in [7, 11) is 0. The third-order valence-electron chi connectivity index (χ3n) is 2.60. The molecule has 0 aliphatic heterocycles. The fourth-order valence-corrected chi connectivity index (χ4v) is 2.29. The van der Waals surface area contributed by atoms with Crippen LogP contribution in [0.25, 0.3) is 10.8 Å². The van der Waals surface area contributed by atoms with Crippen LogP contribution in [0.15, 0.2) is 34.8 Å². The Hall–Kier alpha value is -1.88. The summed E-state index contributed by atoms with van der Waals surface area (Å²) in [4.78, 5) is 22.0. The number of ketones is 1. The smallest absolute Gasteiger partial charge is 0.409 e. The zero-order chi connectivity index (χ0) is 13.3. The van der Waals surface area contributed by atoms with Gasteiger partial charge in [-0.15, -0.1) is 0 Å². The van der Waals surface area contributed by atoms with Gasteiger partial charge in [0.05, 0.1) is 5.69 Å². The molecule has 92 valence electrons. The third-order valence-corrected chi connectivity index (χ3v) is 3.46. The van der Waals surface area contributed by atoms with Crippen LogP contribution in [0, 0.1) is 0 Å². The van der Waals surface area contributed by atoms with E-state index < -0.39 is 6.09 Å². The van der Waals surface area contributed by atoms with E-state index >= 15 is 0 Å². The number of benzene rings is 2. The summed E-state index contributed by atoms with van der Waals surface area (Å²) in [6.45, 7) is 1.49. The Morgan fingerprint density at radius 3 is 2.50 bits per heavy atom. The lowest BCUT2D eigenvalue weighted by atomic mass is 10.0. The van der Waals surface area contributed by atoms with Gasteiger partial charge in [-0.25, -0.2) is 4.79 Å². The average molecular weight is 308 g/mol. The maximum absolute atomic E-state index is 11.3. The fraction of sp³-hybridized carbons (Fsp3) is 0.0769. The molecule has 0 aromatic heterocycles. The summed E-state index contributed by atoms with van der Waals surface area (Å²) in [5, 5.41) is 12.8. The summed E-state index contributed by atoms with van der Waals surface area (Å²) in [5.41, 5.74) is 1.05. The second kappa shape index (κ2) is 4.78. The molecule has 2 N–H and O–H groups in total. The molecular weight excluding hydrogens is 298 g/mol. The highest BCUT2D eigenvalue weighted by atomic mass is 79.9. The van der Waals surface area contributed by atoms with Gasteiger partial charge in [0.15, 0.2) is 5.78 Å². The van der Waals surface area contributed by atoms with Crippen molar-refractivity contribution in [3.05, 3.63) is 40.4 Å². The van der Waals surface area contributed by atoms with Crippen LogP contribution in [0.1, 0.15) is 17.3 Å². The van der Waals surface area contributed by atoms with E-state index in [-0.39, 0.29) is 5.78 Å². The topological polar surface area (TPSA) is 66.4 Å². The van der Waals surface area contributed by atoms with E-state index in [4.69, 9.17) is 5.11 Å². The molecule has 2 rings (SSSR count). The lowest BCUT2D eigenvalue weighted by Crippen LogP contribution is -2.07. The molecule has 0 aliphatic rings. The van der Waals surface area contributed by atoms with Crippen molar-refractivity contribution in [2.24, 2.45) is 0 Å². The van der Waals surface area contributed by atoms with Gasteiger partial charge in [-0.05, 0) is 45.8 Å². The van der Waals surface area contributed by atoms with Crippen molar-refractivity contribution in [1.82, 2.24) is 0 Å². The van der Waals surface area contributed by atoms with Gasteiger partial charge < -0.3 is 5.11 Å². The molecule has 0 saturated heterocycles. The Kier molecular flexibility index (Phi) is 3.34. The minimum absolute atomic E-state index is 0.0274. The van der Waals surface area contributed by atoms with Crippen LogP contribution in [0.5, 0.6) is 0 Å². The number of amides is 1. The van der Waals surface area contributed by atoms with E-state index in [2.05, 4.69) is 21.2 Å². The predicted octanol–water partition coefficient (Wildman–Crippen LogP) is 3.89. The zero-order valence-corrected chi connectivity index (χ0v) is 11.1. The fourth-order valence-electron chi connectivity index (χ4n) is 1.71. The van der Waals surface area contributed by atoms with Crippen LogP contribution in [-0.2, 0) is 0 Å². The van der Waals surface area contributed by atoms with E-state index in [1.807, 2.05) is 6.07 Å². The number of carboxylic acid groups (broad SMARTS) is 1. The molecule has 0 heterocycles. The van der Waals surface area contributed by atoms with Crippen LogP contribution in [0.2, 0.25) is 0 Å². The zero-order valence-electron chi connectivity index (χ0n) is 9.53. The van der Waals surface area contributed by atoms with E-state index in [0.29, 0.717) is 15.7 Å². The molecule has 2 aromatic rings. The van der Waals surface area contributed by atoms with Gasteiger partial charge in [0.25, 0.3) is 0 Å². The van der Waals surface area contributed by atoms with Crippen molar-refractivity contribution >= 4 is 44.3 Å². The quantitative estimate of drug-likeness (QED) is 0.827. The second-order valence-electron chi connectivity index (χ2n) is 3.85. The minimum atomic E-state index is -1.13. The van der Waals surface area contributed by atoms with Crippen LogP contribution < -0.4 is 5.32 Å². The van der Waals surface area contributed by atoms with Crippen molar-refractivity contribution in [3.8, 4) is 0 Å². The molecule has 0 atom stereocenters. The number of anilines is 1. The molecule has 0 saturated carbocycles. The van der Waals surface area contributed by atoms with Gasteiger partial charge in [-0.1, -0.05) is 18.2 Å². The molecule has 0 unspecified atom stereocenters. The van der Waals surface area contributed by atoms with Gasteiger partial charge in [0, 0.05) is 10.0 Å². The van der Waals surface area contributed by atoms with Gasteiger partial charge in [0.2, 0.25) is 0 Å². The molecule has 0 spiro atoms. The van der Waals surface area contributed by atoms with E-state index in [9.17, 15) is 9.59 Å². The highest BCUT2D eigenvalue weighted by Gasteiger charge is 2.09. The molecule has 4 nitrogen and oxygen atoms in total. The van der Waals surface area contributed by atoms with Gasteiger partial charge in [0.1, 0.15) is 0 Å². The Bertz CT molecular complexity index is 652. The van der Waals surface area contributed by atoms with Gasteiger partial charge >= 0.3 is 6.09 Å². The van der Waals surface area contributed by atoms with Gasteiger partial charge in [-0.2, -0.15) is 0 Å². The second-order valence-corrected chi connectivity index (χ2v) is 4.64. The molecule has 0 aliphatic carbocycles. The summed E-state index contributed by atoms with van der Waals surface area (Å²) in [6.07, 6.45) is -1.13. The molecule has 18 heavy (non-hydrogen) atoms. The van der Waals surface area contributed by atoms with Crippen molar-refractivity contribution in [1.29, 1.82) is 0 Å². The average Bonchev–Trinajstić information content (AvgIpc) is 2.32. The predicted molar refractivity (Wildman–Crippen MR) is 73.3 cm³/mol. The number of carbonyl (C=O) groups is 2. The van der Waals surface area contributed by atoms with Crippen LogP contribution in [0.3, 0.4) is 0 Å². The first-order valence-electron chi connectivity index (χ1n) is 5.22. The van der Waals surface area contributed by atoms with Crippen molar-refractivity contribution in [3.63, 3.8) is 0 Å². The molecular formula is C13H10BrNO3. The normalized spacial score (nSPS) is 10.3. The maximum Gasteiger partial charge on any atom is 0.409 e. The number of carbonyl (C=O) groups excluding carboxylic acids is 1. The number of hydrogen-bond acceptors (Lipinski definition) is 2. The van der Waals surface area contributed by atoms with E-state index in [1.165, 1.54) is 6.92 Å². The first-order valence-corrected chi connectivity index (χ1v) is 6.01. The van der Waals surface area contributed by atoms with Crippen molar-refractivity contribution in [2.45, 2.75) is 6.92 Å². The Balaban J connectivity index is 2.63. The SMILES string of the molecule is CC(=O)c1ccc2ccc(NC(=O)O)c(Br)c2c1. The number of halogens is 1. The minimum Gasteiger partial charge on any atom is -0.465 e. The van der Waals surface area contributed by atoms with Crippen LogP contribution in [0.4, 0.5) is 10.5 Å². The summed E-state index contributed by atoms with van der Waals surface area (Å²) in [6, 6.07) is 8.81. The lowest BCUT2D eigenvalue weighted by molar-refractivity contribution is 0.101. The van der Waals surface area contributed by atoms with Crippen LogP contribution >= 0.6 is 15.9 Å². The number of Topliss-reactive ketones (excluding diaryl/α,β-unsaturated/α-hetero) is 1. The van der Waals surface area contributed by atoms with Crippen molar-refractivity contribution < 1.29 is 14.7 Å². The summed E-state index contributed by atoms with van der Waals surface area (Å²) < 4.78 is 0.630. The third kappa shape index (κ3) is 2.36. The highest BCUT2D eigenvalue weighted by Crippen LogP contribution is 2.32. The Labute approximate surface area is 112 Å². The van der Waals surface area contributed by atoms with Crippen LogP contribution in [-0.4, -0.2) is 17.0 Å². The van der Waals surface area contributed by atoms with E-state index in [0.717, 1.165) is 10.8 Å². The maximum atomic E-state index is 11.3. The highest BCUT2D eigenvalue weighted by molar-refractivity contribution is 9.10. The van der Waals surface area contributed by atoms with Crippen molar-refractivity contribution in [2.75, 3.05) is 5.32 Å². The first-order chi connectivity index (χ1) is 8.49. The number of rotatable bonds is 2. The Morgan fingerprint density at radius 2 is 1.89 bits per heavy atom. The molecule has 2 aromatic carbocycles. The molecule has 5 heteroatoms. The van der Waals surface area contributed by atoms with E-state index in [1.54, 1.807) is 24.3 Å². The monoisotopic (exact) mass is 307 g/mol. The molecule has 0 bridgehead atoms. The first kappa shape index (κ1) is 12.6. The summed E-state index contributed by atoms with van der Waals surface area (Å²) in [5.74, 6) is -0.0274. The standard InChI is InChI=1S/C13H10BrNO3/c1-7(16)9-3-2-8-4-5-11(15-13(17)18)12(14)10(8)6-9/h2-6,15H,1H3,(H,17,18). The largest absolute Gasteiger partial charge is 0.465 e. The molecule has 0 fully saturated rings. The molecule has 1 amide bonds. The Morgan fingerprint density at radius 1 is 1.22 bits per heavy atom.